The summed E-state index contributed by atoms with van der Waals surface area (Å²) >= 11 is 5.85. The van der Waals surface area contributed by atoms with Gasteiger partial charge in [0, 0.05) is 34.7 Å². The number of nitrogens with zero attached hydrogens (tertiary/aromatic N) is 4. The second-order valence-electron chi connectivity index (χ2n) is 7.38. The van der Waals surface area contributed by atoms with Crippen LogP contribution in [-0.4, -0.2) is 31.3 Å². The first-order chi connectivity index (χ1) is 15.3. The van der Waals surface area contributed by atoms with Gasteiger partial charge in [0.15, 0.2) is 5.78 Å². The highest BCUT2D eigenvalue weighted by molar-refractivity contribution is 6.30. The minimum absolute atomic E-state index is 0.0658. The third-order valence-corrected chi connectivity index (χ3v) is 5.05. The SMILES string of the molecule is CC(C)n1cc(C(=O)c2cncc(NC(=O)Nc3ccc(Cl)cc3)c2)c2c(N)ncnc21. The Balaban J connectivity index is 1.60. The van der Waals surface area contributed by atoms with Crippen LogP contribution in [-0.2, 0) is 0 Å². The Morgan fingerprint density at radius 1 is 1.06 bits per heavy atom. The van der Waals surface area contributed by atoms with E-state index in [4.69, 9.17) is 17.3 Å². The minimum atomic E-state index is -0.479. The highest BCUT2D eigenvalue weighted by atomic mass is 35.5. The molecule has 0 fully saturated rings. The lowest BCUT2D eigenvalue weighted by atomic mass is 10.1. The summed E-state index contributed by atoms with van der Waals surface area (Å²) in [5.74, 6) is -0.0764. The van der Waals surface area contributed by atoms with E-state index in [1.807, 2.05) is 18.4 Å². The smallest absolute Gasteiger partial charge is 0.323 e. The average molecular weight is 450 g/mol. The Morgan fingerprint density at radius 2 is 1.78 bits per heavy atom. The van der Waals surface area contributed by atoms with E-state index >= 15 is 0 Å². The van der Waals surface area contributed by atoms with E-state index in [2.05, 4.69) is 25.6 Å². The number of halogens is 1. The summed E-state index contributed by atoms with van der Waals surface area (Å²) in [5.41, 5.74) is 8.24. The normalized spacial score (nSPS) is 11.0. The summed E-state index contributed by atoms with van der Waals surface area (Å²) in [6.07, 6.45) is 5.97. The molecule has 32 heavy (non-hydrogen) atoms. The lowest BCUT2D eigenvalue weighted by Crippen LogP contribution is -2.19. The summed E-state index contributed by atoms with van der Waals surface area (Å²) in [5, 5.41) is 6.42. The Bertz CT molecular complexity index is 1320. The fourth-order valence-electron chi connectivity index (χ4n) is 3.29. The quantitative estimate of drug-likeness (QED) is 0.384. The number of pyridine rings is 1. The van der Waals surface area contributed by atoms with Gasteiger partial charge in [0.1, 0.15) is 17.8 Å². The topological polar surface area (TPSA) is 128 Å². The maximum atomic E-state index is 13.3. The zero-order valence-corrected chi connectivity index (χ0v) is 18.1. The zero-order chi connectivity index (χ0) is 22.8. The number of hydrogen-bond acceptors (Lipinski definition) is 6. The van der Waals surface area contributed by atoms with Crippen molar-refractivity contribution in [1.29, 1.82) is 0 Å². The highest BCUT2D eigenvalue weighted by Crippen LogP contribution is 2.28. The molecule has 2 amide bonds. The van der Waals surface area contributed by atoms with Crippen LogP contribution < -0.4 is 16.4 Å². The number of urea groups is 1. The molecule has 1 aromatic carbocycles. The van der Waals surface area contributed by atoms with Gasteiger partial charge in [0.05, 0.1) is 22.8 Å². The number of rotatable bonds is 5. The monoisotopic (exact) mass is 449 g/mol. The predicted molar refractivity (Wildman–Crippen MR) is 124 cm³/mol. The molecule has 0 unspecified atom stereocenters. The van der Waals surface area contributed by atoms with E-state index < -0.39 is 6.03 Å². The number of amides is 2. The lowest BCUT2D eigenvalue weighted by Gasteiger charge is -2.08. The van der Waals surface area contributed by atoms with Crippen LogP contribution in [0.25, 0.3) is 11.0 Å². The van der Waals surface area contributed by atoms with Crippen LogP contribution in [0.5, 0.6) is 0 Å². The predicted octanol–water partition coefficient (Wildman–Crippen LogP) is 4.52. The molecular weight excluding hydrogens is 430 g/mol. The van der Waals surface area contributed by atoms with Crippen molar-refractivity contribution in [2.45, 2.75) is 19.9 Å². The van der Waals surface area contributed by atoms with Gasteiger partial charge in [-0.15, -0.1) is 0 Å². The van der Waals surface area contributed by atoms with E-state index in [1.165, 1.54) is 18.7 Å². The zero-order valence-electron chi connectivity index (χ0n) is 17.3. The van der Waals surface area contributed by atoms with Crippen LogP contribution in [0.3, 0.4) is 0 Å². The van der Waals surface area contributed by atoms with Crippen molar-refractivity contribution < 1.29 is 9.59 Å². The standard InChI is InChI=1S/C22H20ClN7O2/c1-12(2)30-10-17(18-20(24)26-11-27-21(18)30)19(31)13-7-16(9-25-8-13)29-22(32)28-15-5-3-14(23)4-6-15/h3-12H,1-2H3,(H2,24,26,27)(H2,28,29,32). The first-order valence-corrected chi connectivity index (χ1v) is 10.2. The molecule has 0 bridgehead atoms. The van der Waals surface area contributed by atoms with Crippen molar-refractivity contribution in [2.75, 3.05) is 16.4 Å². The van der Waals surface area contributed by atoms with Crippen molar-refractivity contribution in [1.82, 2.24) is 19.5 Å². The number of carbonyl (C=O) groups excluding carboxylic acids is 2. The molecule has 3 heterocycles. The number of fused-ring (bicyclic) bond motifs is 1. The molecule has 0 radical (unpaired) electrons. The molecule has 4 aromatic rings. The van der Waals surface area contributed by atoms with E-state index in [0.29, 0.717) is 38.6 Å². The number of aromatic nitrogens is 4. The van der Waals surface area contributed by atoms with Crippen molar-refractivity contribution in [3.05, 3.63) is 71.4 Å². The highest BCUT2D eigenvalue weighted by Gasteiger charge is 2.22. The number of hydrogen-bond donors (Lipinski definition) is 3. The number of ketones is 1. The number of carbonyl (C=O) groups is 2. The Hall–Kier alpha value is -3.98. The number of nitrogen functional groups attached to an aromatic ring is 1. The van der Waals surface area contributed by atoms with Gasteiger partial charge in [-0.25, -0.2) is 14.8 Å². The molecule has 0 aliphatic heterocycles. The van der Waals surface area contributed by atoms with Gasteiger partial charge in [-0.1, -0.05) is 11.6 Å². The molecule has 0 spiro atoms. The Kier molecular flexibility index (Phi) is 5.74. The number of nitrogens with two attached hydrogens (primary N) is 1. The van der Waals surface area contributed by atoms with E-state index in [9.17, 15) is 9.59 Å². The maximum Gasteiger partial charge on any atom is 0.323 e. The van der Waals surface area contributed by atoms with Crippen LogP contribution in [0.1, 0.15) is 35.8 Å². The largest absolute Gasteiger partial charge is 0.383 e. The Labute approximate surface area is 188 Å². The molecule has 162 valence electrons. The molecule has 4 rings (SSSR count). The van der Waals surface area contributed by atoms with Crippen molar-refractivity contribution in [2.24, 2.45) is 0 Å². The fourth-order valence-corrected chi connectivity index (χ4v) is 3.41. The van der Waals surface area contributed by atoms with Gasteiger partial charge in [-0.05, 0) is 44.2 Å². The molecule has 0 aliphatic rings. The second kappa shape index (κ2) is 8.64. The van der Waals surface area contributed by atoms with E-state index in [-0.39, 0.29) is 17.6 Å². The fraction of sp³-hybridized carbons (Fsp3) is 0.136. The first kappa shape index (κ1) is 21.3. The number of nitrogens with one attached hydrogen (secondary N) is 2. The second-order valence-corrected chi connectivity index (χ2v) is 7.82. The van der Waals surface area contributed by atoms with Crippen LogP contribution in [0, 0.1) is 0 Å². The molecule has 0 saturated carbocycles. The van der Waals surface area contributed by atoms with Gasteiger partial charge in [0.2, 0.25) is 0 Å². The molecule has 0 saturated heterocycles. The van der Waals surface area contributed by atoms with E-state index in [0.717, 1.165) is 0 Å². The van der Waals surface area contributed by atoms with Crippen LogP contribution in [0.2, 0.25) is 5.02 Å². The van der Waals surface area contributed by atoms with Gasteiger partial charge in [0.25, 0.3) is 0 Å². The molecule has 4 N–H and O–H groups in total. The maximum absolute atomic E-state index is 13.3. The lowest BCUT2D eigenvalue weighted by molar-refractivity contribution is 0.103. The van der Waals surface area contributed by atoms with Crippen molar-refractivity contribution >= 4 is 51.6 Å². The average Bonchev–Trinajstić information content (AvgIpc) is 3.16. The molecule has 10 heteroatoms. The van der Waals surface area contributed by atoms with Crippen LogP contribution in [0.4, 0.5) is 22.0 Å². The summed E-state index contributed by atoms with van der Waals surface area (Å²) in [6.45, 7) is 3.97. The first-order valence-electron chi connectivity index (χ1n) is 9.78. The summed E-state index contributed by atoms with van der Waals surface area (Å²) in [4.78, 5) is 38.0. The van der Waals surface area contributed by atoms with Gasteiger partial charge >= 0.3 is 6.03 Å². The molecule has 0 aliphatic carbocycles. The third-order valence-electron chi connectivity index (χ3n) is 4.80. The summed E-state index contributed by atoms with van der Waals surface area (Å²) < 4.78 is 1.87. The van der Waals surface area contributed by atoms with Gasteiger partial charge < -0.3 is 20.9 Å². The van der Waals surface area contributed by atoms with Crippen molar-refractivity contribution in [3.63, 3.8) is 0 Å². The summed E-state index contributed by atoms with van der Waals surface area (Å²) in [6, 6.07) is 7.83. The van der Waals surface area contributed by atoms with Crippen LogP contribution in [0.15, 0.2) is 55.2 Å². The molecular formula is C22H20ClN7O2. The van der Waals surface area contributed by atoms with E-state index in [1.54, 1.807) is 36.5 Å². The number of benzene rings is 1. The van der Waals surface area contributed by atoms with Gasteiger partial charge in [-0.3, -0.25) is 9.78 Å². The van der Waals surface area contributed by atoms with Crippen LogP contribution >= 0.6 is 11.6 Å². The minimum Gasteiger partial charge on any atom is -0.383 e. The third kappa shape index (κ3) is 4.23. The Morgan fingerprint density at radius 3 is 2.50 bits per heavy atom. The number of anilines is 3. The summed E-state index contributed by atoms with van der Waals surface area (Å²) in [7, 11) is 0. The molecule has 9 nitrogen and oxygen atoms in total. The van der Waals surface area contributed by atoms with Crippen molar-refractivity contribution in [3.8, 4) is 0 Å². The molecule has 3 aromatic heterocycles. The molecule has 0 atom stereocenters. The van der Waals surface area contributed by atoms with Gasteiger partial charge in [-0.2, -0.15) is 0 Å².